The van der Waals surface area contributed by atoms with Gasteiger partial charge in [-0.2, -0.15) is 4.31 Å². The van der Waals surface area contributed by atoms with E-state index >= 15 is 0 Å². The summed E-state index contributed by atoms with van der Waals surface area (Å²) in [6.07, 6.45) is -0.787. The molecule has 1 aliphatic rings. The van der Waals surface area contributed by atoms with Crippen molar-refractivity contribution >= 4 is 15.6 Å². The van der Waals surface area contributed by atoms with Gasteiger partial charge in [0, 0.05) is 19.0 Å². The van der Waals surface area contributed by atoms with Crippen LogP contribution >= 0.6 is 0 Å². The molecule has 26 heavy (non-hydrogen) atoms. The Labute approximate surface area is 154 Å². The Balaban J connectivity index is 1.80. The molecule has 6 heteroatoms. The Morgan fingerprint density at radius 1 is 1.12 bits per heavy atom. The molecule has 0 spiro atoms. The number of β-amino-alcohol motifs (C(OH)–C–C–N with tert-alkyl or cyclic N) is 1. The second-order valence-electron chi connectivity index (χ2n) is 6.56. The quantitative estimate of drug-likeness (QED) is 0.875. The van der Waals surface area contributed by atoms with E-state index in [4.69, 9.17) is 4.74 Å². The molecule has 0 aromatic heterocycles. The van der Waals surface area contributed by atoms with Crippen LogP contribution in [0.4, 0.5) is 0 Å². The molecule has 138 valence electrons. The van der Waals surface area contributed by atoms with Crippen molar-refractivity contribution in [1.29, 1.82) is 0 Å². The van der Waals surface area contributed by atoms with Gasteiger partial charge < -0.3 is 9.84 Å². The van der Waals surface area contributed by atoms with E-state index in [1.165, 1.54) is 4.31 Å². The summed E-state index contributed by atoms with van der Waals surface area (Å²) in [6, 6.07) is 14.1. The Bertz CT molecular complexity index is 888. The molecule has 3 rings (SSSR count). The molecule has 0 unspecified atom stereocenters. The third-order valence-corrected chi connectivity index (χ3v) is 6.67. The van der Waals surface area contributed by atoms with E-state index in [0.717, 1.165) is 22.4 Å². The molecule has 2 atom stereocenters. The number of rotatable bonds is 5. The average Bonchev–Trinajstić information content (AvgIpc) is 3.04. The number of ether oxygens (including phenoxy) is 1. The highest BCUT2D eigenvalue weighted by molar-refractivity contribution is 7.89. The maximum atomic E-state index is 12.8. The third kappa shape index (κ3) is 3.53. The van der Waals surface area contributed by atoms with E-state index in [1.807, 2.05) is 31.2 Å². The van der Waals surface area contributed by atoms with Crippen molar-refractivity contribution in [2.75, 3.05) is 20.2 Å². The minimum absolute atomic E-state index is 0.0655. The highest BCUT2D eigenvalue weighted by Crippen LogP contribution is 2.33. The minimum atomic E-state index is -3.64. The molecule has 2 aromatic carbocycles. The molecular formula is C20H23NO4S. The first-order valence-electron chi connectivity index (χ1n) is 8.41. The number of nitrogens with zero attached hydrogens (tertiary/aromatic N) is 1. The Morgan fingerprint density at radius 3 is 2.31 bits per heavy atom. The molecule has 0 radical (unpaired) electrons. The molecule has 0 aliphatic carbocycles. The highest BCUT2D eigenvalue weighted by Gasteiger charge is 2.39. The van der Waals surface area contributed by atoms with Gasteiger partial charge in [0.15, 0.2) is 0 Å². The lowest BCUT2D eigenvalue weighted by Gasteiger charge is -2.18. The largest absolute Gasteiger partial charge is 0.497 e. The monoisotopic (exact) mass is 373 g/mol. The summed E-state index contributed by atoms with van der Waals surface area (Å²) < 4.78 is 32.2. The molecule has 2 aromatic rings. The van der Waals surface area contributed by atoms with Gasteiger partial charge in [0.05, 0.1) is 18.1 Å². The molecule has 0 amide bonds. The number of sulfonamides is 1. The Kier molecular flexibility index (Phi) is 5.18. The molecule has 1 aliphatic heterocycles. The molecule has 1 fully saturated rings. The Morgan fingerprint density at radius 2 is 1.73 bits per heavy atom. The second-order valence-corrected chi connectivity index (χ2v) is 8.50. The van der Waals surface area contributed by atoms with Crippen LogP contribution in [-0.2, 0) is 10.0 Å². The topological polar surface area (TPSA) is 66.8 Å². The molecule has 1 heterocycles. The number of aliphatic hydroxyl groups excluding tert-OH is 1. The number of aryl methyl sites for hydroxylation is 1. The second kappa shape index (κ2) is 7.23. The van der Waals surface area contributed by atoms with Gasteiger partial charge in [0.1, 0.15) is 5.75 Å². The van der Waals surface area contributed by atoms with E-state index < -0.39 is 16.1 Å². The van der Waals surface area contributed by atoms with Gasteiger partial charge >= 0.3 is 0 Å². The van der Waals surface area contributed by atoms with Gasteiger partial charge in [0.25, 0.3) is 0 Å². The standard InChI is InChI=1S/C20H23NO4S/c1-14-4-10-18(11-5-14)26(23,24)21-12-19(20(22)13-21)15(2)16-6-8-17(25-3)9-7-16/h4-11,19-20,22H,2,12-13H2,1,3H3/t19-,20+/m0/s1. The fourth-order valence-electron chi connectivity index (χ4n) is 3.17. The van der Waals surface area contributed by atoms with E-state index in [2.05, 4.69) is 6.58 Å². The van der Waals surface area contributed by atoms with Crippen molar-refractivity contribution in [3.05, 3.63) is 66.2 Å². The van der Waals surface area contributed by atoms with Gasteiger partial charge in [-0.1, -0.05) is 36.4 Å². The summed E-state index contributed by atoms with van der Waals surface area (Å²) in [6.45, 7) is 6.28. The third-order valence-electron chi connectivity index (χ3n) is 4.82. The molecule has 1 saturated heterocycles. The van der Waals surface area contributed by atoms with Crippen LogP contribution in [0.15, 0.2) is 60.0 Å². The van der Waals surface area contributed by atoms with Crippen LogP contribution in [0.2, 0.25) is 0 Å². The number of aliphatic hydroxyl groups is 1. The summed E-state index contributed by atoms with van der Waals surface area (Å²) >= 11 is 0. The van der Waals surface area contributed by atoms with E-state index in [9.17, 15) is 13.5 Å². The lowest BCUT2D eigenvalue weighted by atomic mass is 9.91. The molecule has 5 nitrogen and oxygen atoms in total. The van der Waals surface area contributed by atoms with Crippen LogP contribution in [0, 0.1) is 12.8 Å². The van der Waals surface area contributed by atoms with E-state index in [0.29, 0.717) is 0 Å². The molecule has 0 saturated carbocycles. The van der Waals surface area contributed by atoms with Gasteiger partial charge in [-0.25, -0.2) is 8.42 Å². The number of benzene rings is 2. The lowest BCUT2D eigenvalue weighted by Crippen LogP contribution is -2.29. The SMILES string of the molecule is C=C(c1ccc(OC)cc1)[C@@H]1CN(S(=O)(=O)c2ccc(C)cc2)C[C@H]1O. The van der Waals surface area contributed by atoms with Crippen molar-refractivity contribution in [2.45, 2.75) is 17.9 Å². The number of hydrogen-bond acceptors (Lipinski definition) is 4. The first-order chi connectivity index (χ1) is 12.3. The Hall–Kier alpha value is -2.15. The van der Waals surface area contributed by atoms with Gasteiger partial charge in [-0.05, 0) is 42.3 Å². The minimum Gasteiger partial charge on any atom is -0.497 e. The molecule has 1 N–H and O–H groups in total. The van der Waals surface area contributed by atoms with Crippen LogP contribution in [-0.4, -0.2) is 44.1 Å². The fourth-order valence-corrected chi connectivity index (χ4v) is 4.65. The molecule has 0 bridgehead atoms. The summed E-state index contributed by atoms with van der Waals surface area (Å²) in [7, 11) is -2.04. The van der Waals surface area contributed by atoms with Gasteiger partial charge in [0.2, 0.25) is 10.0 Å². The average molecular weight is 373 g/mol. The van der Waals surface area contributed by atoms with Gasteiger partial charge in [-0.3, -0.25) is 0 Å². The lowest BCUT2D eigenvalue weighted by molar-refractivity contribution is 0.167. The normalized spacial score (nSPS) is 20.9. The summed E-state index contributed by atoms with van der Waals surface area (Å²) in [5.74, 6) is 0.390. The maximum absolute atomic E-state index is 12.8. The van der Waals surface area contributed by atoms with Crippen LogP contribution in [0.25, 0.3) is 5.57 Å². The number of methoxy groups -OCH3 is 1. The predicted octanol–water partition coefficient (Wildman–Crippen LogP) is 2.70. The van der Waals surface area contributed by atoms with Crippen molar-refractivity contribution < 1.29 is 18.3 Å². The van der Waals surface area contributed by atoms with Crippen LogP contribution in [0.1, 0.15) is 11.1 Å². The zero-order valence-electron chi connectivity index (χ0n) is 14.9. The smallest absolute Gasteiger partial charge is 0.243 e. The van der Waals surface area contributed by atoms with Crippen LogP contribution in [0.5, 0.6) is 5.75 Å². The molecular weight excluding hydrogens is 350 g/mol. The summed E-state index contributed by atoms with van der Waals surface area (Å²) in [5, 5.41) is 10.5. The summed E-state index contributed by atoms with van der Waals surface area (Å²) in [4.78, 5) is 0.242. The maximum Gasteiger partial charge on any atom is 0.243 e. The van der Waals surface area contributed by atoms with E-state index in [-0.39, 0.29) is 23.9 Å². The van der Waals surface area contributed by atoms with Gasteiger partial charge in [-0.15, -0.1) is 0 Å². The predicted molar refractivity (Wildman–Crippen MR) is 101 cm³/mol. The number of hydrogen-bond donors (Lipinski definition) is 1. The van der Waals surface area contributed by atoms with Crippen LogP contribution < -0.4 is 4.74 Å². The zero-order chi connectivity index (χ0) is 18.9. The van der Waals surface area contributed by atoms with Crippen molar-refractivity contribution in [2.24, 2.45) is 5.92 Å². The fraction of sp³-hybridized carbons (Fsp3) is 0.300. The van der Waals surface area contributed by atoms with E-state index in [1.54, 1.807) is 31.4 Å². The zero-order valence-corrected chi connectivity index (χ0v) is 15.7. The highest BCUT2D eigenvalue weighted by atomic mass is 32.2. The first-order valence-corrected chi connectivity index (χ1v) is 9.85. The van der Waals surface area contributed by atoms with Crippen molar-refractivity contribution in [3.63, 3.8) is 0 Å². The summed E-state index contributed by atoms with van der Waals surface area (Å²) in [5.41, 5.74) is 2.59. The van der Waals surface area contributed by atoms with Crippen molar-refractivity contribution in [1.82, 2.24) is 4.31 Å². The van der Waals surface area contributed by atoms with Crippen molar-refractivity contribution in [3.8, 4) is 5.75 Å². The first kappa shape index (κ1) is 18.6. The van der Waals surface area contributed by atoms with Crippen LogP contribution in [0.3, 0.4) is 0 Å².